The first-order chi connectivity index (χ1) is 9.25. The molecule has 0 aromatic rings. The zero-order chi connectivity index (χ0) is 15.3. The number of rotatable bonds is 4. The monoisotopic (exact) mass is 319 g/mol. The van der Waals surface area contributed by atoms with Crippen LogP contribution in [0.5, 0.6) is 0 Å². The van der Waals surface area contributed by atoms with E-state index < -0.39 is 0 Å². The Bertz CT molecular complexity index is 355. The Kier molecular flexibility index (Phi) is 8.26. The lowest BCUT2D eigenvalue weighted by atomic mass is 9.91. The highest BCUT2D eigenvalue weighted by atomic mass is 35.5. The number of hydrogen-bond acceptors (Lipinski definition) is 3. The molecule has 2 atom stereocenters. The SMILES string of the molecule is CNC(C)CNC(=O)C1CCCN(C(=O)C(C)(C)C)C1.Cl. The van der Waals surface area contributed by atoms with Crippen molar-refractivity contribution in [2.45, 2.75) is 46.6 Å². The molecule has 1 fully saturated rings. The van der Waals surface area contributed by atoms with E-state index in [2.05, 4.69) is 10.6 Å². The first-order valence-corrected chi connectivity index (χ1v) is 7.50. The van der Waals surface area contributed by atoms with Gasteiger partial charge in [-0.3, -0.25) is 9.59 Å². The summed E-state index contributed by atoms with van der Waals surface area (Å²) in [6.45, 7) is 9.74. The minimum Gasteiger partial charge on any atom is -0.354 e. The van der Waals surface area contributed by atoms with Crippen molar-refractivity contribution in [3.05, 3.63) is 0 Å². The molecule has 1 aliphatic rings. The molecular formula is C15H30ClN3O2. The minimum atomic E-state index is -0.376. The van der Waals surface area contributed by atoms with Crippen LogP contribution >= 0.6 is 12.4 Å². The Hall–Kier alpha value is -0.810. The van der Waals surface area contributed by atoms with E-state index in [1.54, 1.807) is 0 Å². The standard InChI is InChI=1S/C15H29N3O2.ClH/c1-11(16-5)9-17-13(19)12-7-6-8-18(10-12)14(20)15(2,3)4;/h11-12,16H,6-10H2,1-5H3,(H,17,19);1H. The topological polar surface area (TPSA) is 61.4 Å². The molecule has 2 N–H and O–H groups in total. The highest BCUT2D eigenvalue weighted by molar-refractivity contribution is 5.85. The predicted octanol–water partition coefficient (Wildman–Crippen LogP) is 1.42. The number of amides is 2. The zero-order valence-electron chi connectivity index (χ0n) is 13.9. The minimum absolute atomic E-state index is 0. The molecule has 0 aromatic carbocycles. The normalized spacial score (nSPS) is 20.4. The lowest BCUT2D eigenvalue weighted by Gasteiger charge is -2.36. The summed E-state index contributed by atoms with van der Waals surface area (Å²) in [6, 6.07) is 0.259. The molecular weight excluding hydrogens is 290 g/mol. The Morgan fingerprint density at radius 1 is 1.33 bits per heavy atom. The molecule has 0 spiro atoms. The third-order valence-corrected chi connectivity index (χ3v) is 3.80. The lowest BCUT2D eigenvalue weighted by molar-refractivity contribution is -0.142. The van der Waals surface area contributed by atoms with Crippen LogP contribution in [-0.2, 0) is 9.59 Å². The number of likely N-dealkylation sites (tertiary alicyclic amines) is 1. The second-order valence-corrected chi connectivity index (χ2v) is 6.78. The lowest BCUT2D eigenvalue weighted by Crippen LogP contribution is -2.49. The number of piperidine rings is 1. The Balaban J connectivity index is 0.00000400. The van der Waals surface area contributed by atoms with Gasteiger partial charge in [0.2, 0.25) is 11.8 Å². The summed E-state index contributed by atoms with van der Waals surface area (Å²) in [6.07, 6.45) is 1.77. The van der Waals surface area contributed by atoms with Crippen LogP contribution in [0.25, 0.3) is 0 Å². The van der Waals surface area contributed by atoms with E-state index in [4.69, 9.17) is 0 Å². The molecule has 1 aliphatic heterocycles. The van der Waals surface area contributed by atoms with Crippen LogP contribution in [-0.4, -0.2) is 49.4 Å². The van der Waals surface area contributed by atoms with Crippen molar-refractivity contribution in [1.82, 2.24) is 15.5 Å². The number of nitrogens with zero attached hydrogens (tertiary/aromatic N) is 1. The van der Waals surface area contributed by atoms with Crippen molar-refractivity contribution in [2.75, 3.05) is 26.7 Å². The average molecular weight is 320 g/mol. The number of halogens is 1. The van der Waals surface area contributed by atoms with Crippen molar-refractivity contribution < 1.29 is 9.59 Å². The summed E-state index contributed by atoms with van der Waals surface area (Å²) in [5.41, 5.74) is -0.376. The molecule has 1 rings (SSSR count). The van der Waals surface area contributed by atoms with Gasteiger partial charge in [0, 0.05) is 31.1 Å². The summed E-state index contributed by atoms with van der Waals surface area (Å²) in [5, 5.41) is 6.05. The zero-order valence-corrected chi connectivity index (χ0v) is 14.7. The highest BCUT2D eigenvalue weighted by Gasteiger charge is 2.33. The van der Waals surface area contributed by atoms with Gasteiger partial charge >= 0.3 is 0 Å². The van der Waals surface area contributed by atoms with Gasteiger partial charge in [-0.2, -0.15) is 0 Å². The van der Waals surface area contributed by atoms with Gasteiger partial charge in [-0.25, -0.2) is 0 Å². The third-order valence-electron chi connectivity index (χ3n) is 3.80. The molecule has 1 saturated heterocycles. The maximum atomic E-state index is 12.3. The van der Waals surface area contributed by atoms with E-state index in [1.165, 1.54) is 0 Å². The van der Waals surface area contributed by atoms with Gasteiger partial charge in [0.15, 0.2) is 0 Å². The van der Waals surface area contributed by atoms with Gasteiger partial charge in [0.05, 0.1) is 5.92 Å². The highest BCUT2D eigenvalue weighted by Crippen LogP contribution is 2.23. The first-order valence-electron chi connectivity index (χ1n) is 7.50. The number of carbonyl (C=O) groups excluding carboxylic acids is 2. The van der Waals surface area contributed by atoms with E-state index in [-0.39, 0.29) is 41.6 Å². The second kappa shape index (κ2) is 8.59. The van der Waals surface area contributed by atoms with Gasteiger partial charge in [-0.15, -0.1) is 12.4 Å². The molecule has 5 nitrogen and oxygen atoms in total. The van der Waals surface area contributed by atoms with Gasteiger partial charge < -0.3 is 15.5 Å². The first kappa shape index (κ1) is 20.2. The van der Waals surface area contributed by atoms with Crippen molar-refractivity contribution >= 4 is 24.2 Å². The van der Waals surface area contributed by atoms with Gasteiger partial charge in [0.25, 0.3) is 0 Å². The Labute approximate surface area is 134 Å². The van der Waals surface area contributed by atoms with E-state index in [0.717, 1.165) is 19.4 Å². The number of carbonyl (C=O) groups is 2. The van der Waals surface area contributed by atoms with Crippen molar-refractivity contribution in [3.63, 3.8) is 0 Å². The molecule has 2 unspecified atom stereocenters. The summed E-state index contributed by atoms with van der Waals surface area (Å²) in [5.74, 6) is 0.135. The third kappa shape index (κ3) is 6.22. The van der Waals surface area contributed by atoms with E-state index in [9.17, 15) is 9.59 Å². The van der Waals surface area contributed by atoms with Gasteiger partial charge in [-0.05, 0) is 26.8 Å². The van der Waals surface area contributed by atoms with E-state index in [0.29, 0.717) is 13.1 Å². The van der Waals surface area contributed by atoms with Gasteiger partial charge in [0.1, 0.15) is 0 Å². The predicted molar refractivity (Wildman–Crippen MR) is 87.5 cm³/mol. The number of likely N-dealkylation sites (N-methyl/N-ethyl adjacent to an activating group) is 1. The fourth-order valence-electron chi connectivity index (χ4n) is 2.35. The summed E-state index contributed by atoms with van der Waals surface area (Å²) < 4.78 is 0. The molecule has 0 aromatic heterocycles. The van der Waals surface area contributed by atoms with Crippen LogP contribution < -0.4 is 10.6 Å². The molecule has 124 valence electrons. The van der Waals surface area contributed by atoms with Crippen LogP contribution in [0.1, 0.15) is 40.5 Å². The van der Waals surface area contributed by atoms with Crippen LogP contribution in [0.15, 0.2) is 0 Å². The molecule has 0 aliphatic carbocycles. The summed E-state index contributed by atoms with van der Waals surface area (Å²) in [7, 11) is 1.88. The fraction of sp³-hybridized carbons (Fsp3) is 0.867. The van der Waals surface area contributed by atoms with E-state index >= 15 is 0 Å². The molecule has 6 heteroatoms. The Morgan fingerprint density at radius 2 is 1.95 bits per heavy atom. The number of nitrogens with one attached hydrogen (secondary N) is 2. The quantitative estimate of drug-likeness (QED) is 0.824. The van der Waals surface area contributed by atoms with Crippen LogP contribution in [0.4, 0.5) is 0 Å². The van der Waals surface area contributed by atoms with Crippen LogP contribution in [0.3, 0.4) is 0 Å². The molecule has 0 bridgehead atoms. The van der Waals surface area contributed by atoms with Crippen LogP contribution in [0, 0.1) is 11.3 Å². The summed E-state index contributed by atoms with van der Waals surface area (Å²) >= 11 is 0. The number of hydrogen-bond donors (Lipinski definition) is 2. The molecule has 0 saturated carbocycles. The van der Waals surface area contributed by atoms with Crippen LogP contribution in [0.2, 0.25) is 0 Å². The van der Waals surface area contributed by atoms with Gasteiger partial charge in [-0.1, -0.05) is 20.8 Å². The second-order valence-electron chi connectivity index (χ2n) is 6.78. The van der Waals surface area contributed by atoms with Crippen molar-refractivity contribution in [1.29, 1.82) is 0 Å². The molecule has 21 heavy (non-hydrogen) atoms. The molecule has 2 amide bonds. The van der Waals surface area contributed by atoms with E-state index in [1.807, 2.05) is 39.6 Å². The Morgan fingerprint density at radius 3 is 2.48 bits per heavy atom. The maximum absolute atomic E-state index is 12.3. The molecule has 1 heterocycles. The van der Waals surface area contributed by atoms with Crippen molar-refractivity contribution in [2.24, 2.45) is 11.3 Å². The smallest absolute Gasteiger partial charge is 0.227 e. The summed E-state index contributed by atoms with van der Waals surface area (Å²) in [4.78, 5) is 26.3. The van der Waals surface area contributed by atoms with Crippen molar-refractivity contribution in [3.8, 4) is 0 Å². The molecule has 0 radical (unpaired) electrons. The largest absolute Gasteiger partial charge is 0.354 e. The fourth-order valence-corrected chi connectivity index (χ4v) is 2.35. The average Bonchev–Trinajstić information content (AvgIpc) is 2.42. The maximum Gasteiger partial charge on any atom is 0.227 e.